The second-order valence-corrected chi connectivity index (χ2v) is 6.13. The van der Waals surface area contributed by atoms with Crippen molar-refractivity contribution in [3.8, 4) is 0 Å². The quantitative estimate of drug-likeness (QED) is 0.897. The van der Waals surface area contributed by atoms with E-state index in [9.17, 15) is 9.18 Å². The Kier molecular flexibility index (Phi) is 5.22. The molecule has 0 aromatic heterocycles. The van der Waals surface area contributed by atoms with E-state index in [0.717, 1.165) is 32.5 Å². The number of rotatable bonds is 4. The average molecular weight is 359 g/mol. The molecule has 1 aliphatic rings. The summed E-state index contributed by atoms with van der Waals surface area (Å²) in [5, 5.41) is 9.01. The Morgan fingerprint density at radius 1 is 1.48 bits per heavy atom. The maximum Gasteiger partial charge on any atom is 0.336 e. The van der Waals surface area contributed by atoms with Crippen LogP contribution in [-0.4, -0.2) is 48.7 Å². The smallest absolute Gasteiger partial charge is 0.336 e. The number of hydrogen-bond donors (Lipinski definition) is 1. The highest BCUT2D eigenvalue weighted by molar-refractivity contribution is 9.10. The van der Waals surface area contributed by atoms with Gasteiger partial charge >= 0.3 is 5.97 Å². The first-order valence-corrected chi connectivity index (χ1v) is 7.91. The van der Waals surface area contributed by atoms with Gasteiger partial charge in [0, 0.05) is 26.2 Å². The van der Waals surface area contributed by atoms with E-state index in [-0.39, 0.29) is 16.1 Å². The summed E-state index contributed by atoms with van der Waals surface area (Å²) >= 11 is 3.05. The fourth-order valence-corrected chi connectivity index (χ4v) is 3.30. The molecule has 0 atom stereocenters. The minimum Gasteiger partial charge on any atom is -0.478 e. The number of carboxylic acid groups (broad SMARTS) is 1. The van der Waals surface area contributed by atoms with Crippen molar-refractivity contribution in [2.24, 2.45) is 0 Å². The molecule has 1 aromatic carbocycles. The molecule has 1 aliphatic heterocycles. The standard InChI is InChI=1S/C15H20BrFN2O2/c1-3-19-8-6-10(7-9-19)18(2)12-5-4-11(15(20)21)13(16)14(12)17/h4-5,10H,3,6-9H2,1-2H3,(H,20,21). The van der Waals surface area contributed by atoms with E-state index in [4.69, 9.17) is 5.11 Å². The summed E-state index contributed by atoms with van der Waals surface area (Å²) in [6.45, 7) is 5.22. The van der Waals surface area contributed by atoms with Gasteiger partial charge in [-0.2, -0.15) is 0 Å². The highest BCUT2D eigenvalue weighted by atomic mass is 79.9. The number of piperidine rings is 1. The topological polar surface area (TPSA) is 43.8 Å². The molecule has 1 saturated heterocycles. The third-order valence-electron chi connectivity index (χ3n) is 4.22. The number of anilines is 1. The molecule has 1 fully saturated rings. The molecule has 0 amide bonds. The second-order valence-electron chi connectivity index (χ2n) is 5.34. The van der Waals surface area contributed by atoms with Gasteiger partial charge in [-0.3, -0.25) is 0 Å². The number of nitrogens with zero attached hydrogens (tertiary/aromatic N) is 2. The molecule has 1 aromatic rings. The van der Waals surface area contributed by atoms with Crippen molar-refractivity contribution >= 4 is 27.6 Å². The average Bonchev–Trinajstić information content (AvgIpc) is 2.49. The summed E-state index contributed by atoms with van der Waals surface area (Å²) in [4.78, 5) is 15.3. The van der Waals surface area contributed by atoms with E-state index in [1.807, 2.05) is 11.9 Å². The van der Waals surface area contributed by atoms with E-state index in [0.29, 0.717) is 5.69 Å². The van der Waals surface area contributed by atoms with Crippen molar-refractivity contribution in [3.63, 3.8) is 0 Å². The fourth-order valence-electron chi connectivity index (χ4n) is 2.80. The Balaban J connectivity index is 2.18. The van der Waals surface area contributed by atoms with E-state index >= 15 is 0 Å². The molecule has 0 bridgehead atoms. The summed E-state index contributed by atoms with van der Waals surface area (Å²) in [7, 11) is 1.87. The first kappa shape index (κ1) is 16.2. The highest BCUT2D eigenvalue weighted by Gasteiger charge is 2.25. The summed E-state index contributed by atoms with van der Waals surface area (Å²) < 4.78 is 14.4. The lowest BCUT2D eigenvalue weighted by atomic mass is 10.0. The zero-order valence-corrected chi connectivity index (χ0v) is 13.9. The van der Waals surface area contributed by atoms with Gasteiger partial charge in [0.1, 0.15) is 0 Å². The van der Waals surface area contributed by atoms with Crippen LogP contribution >= 0.6 is 15.9 Å². The molecule has 0 saturated carbocycles. The zero-order chi connectivity index (χ0) is 15.6. The lowest BCUT2D eigenvalue weighted by Gasteiger charge is -2.37. The number of hydrogen-bond acceptors (Lipinski definition) is 3. The van der Waals surface area contributed by atoms with Crippen LogP contribution in [0.1, 0.15) is 30.1 Å². The molecule has 0 aliphatic carbocycles. The summed E-state index contributed by atoms with van der Waals surface area (Å²) in [5.74, 6) is -1.64. The number of carbonyl (C=O) groups is 1. The maximum absolute atomic E-state index is 14.4. The summed E-state index contributed by atoms with van der Waals surface area (Å²) in [6.07, 6.45) is 1.98. The Morgan fingerprint density at radius 2 is 2.10 bits per heavy atom. The molecule has 0 unspecified atom stereocenters. The lowest BCUT2D eigenvalue weighted by molar-refractivity contribution is 0.0695. The number of aromatic carboxylic acids is 1. The van der Waals surface area contributed by atoms with Gasteiger partial charge in [0.05, 0.1) is 15.7 Å². The predicted octanol–water partition coefficient (Wildman–Crippen LogP) is 3.21. The van der Waals surface area contributed by atoms with Gasteiger partial charge in [-0.05, 0) is 47.4 Å². The van der Waals surface area contributed by atoms with Crippen molar-refractivity contribution < 1.29 is 14.3 Å². The number of benzene rings is 1. The molecule has 1 N–H and O–H groups in total. The van der Waals surface area contributed by atoms with Crippen LogP contribution in [0.5, 0.6) is 0 Å². The Labute approximate surface area is 132 Å². The molecule has 0 spiro atoms. The van der Waals surface area contributed by atoms with Gasteiger partial charge in [0.2, 0.25) is 0 Å². The Hall–Kier alpha value is -1.14. The van der Waals surface area contributed by atoms with Gasteiger partial charge in [-0.25, -0.2) is 9.18 Å². The number of carboxylic acids is 1. The van der Waals surface area contributed by atoms with E-state index in [1.54, 1.807) is 6.07 Å². The largest absolute Gasteiger partial charge is 0.478 e. The Bertz CT molecular complexity index is 531. The molecule has 1 heterocycles. The van der Waals surface area contributed by atoms with Crippen LogP contribution in [0.4, 0.5) is 10.1 Å². The van der Waals surface area contributed by atoms with Crippen LogP contribution < -0.4 is 4.90 Å². The monoisotopic (exact) mass is 358 g/mol. The molecule has 6 heteroatoms. The number of likely N-dealkylation sites (tertiary alicyclic amines) is 1. The normalized spacial score (nSPS) is 17.0. The van der Waals surface area contributed by atoms with Crippen molar-refractivity contribution in [2.45, 2.75) is 25.8 Å². The number of halogens is 2. The van der Waals surface area contributed by atoms with Crippen LogP contribution in [0.3, 0.4) is 0 Å². The SMILES string of the molecule is CCN1CCC(N(C)c2ccc(C(=O)O)c(Br)c2F)CC1. The van der Waals surface area contributed by atoms with Gasteiger partial charge in [-0.15, -0.1) is 0 Å². The summed E-state index contributed by atoms with van der Waals surface area (Å²) in [6, 6.07) is 3.28. The lowest BCUT2D eigenvalue weighted by Crippen LogP contribution is -2.43. The van der Waals surface area contributed by atoms with Gasteiger partial charge < -0.3 is 14.9 Å². The second kappa shape index (κ2) is 6.75. The van der Waals surface area contributed by atoms with Crippen LogP contribution in [0.25, 0.3) is 0 Å². The van der Waals surface area contributed by atoms with Crippen LogP contribution in [0.15, 0.2) is 16.6 Å². The van der Waals surface area contributed by atoms with E-state index < -0.39 is 11.8 Å². The molecule has 4 nitrogen and oxygen atoms in total. The summed E-state index contributed by atoms with van der Waals surface area (Å²) in [5.41, 5.74) is 0.396. The van der Waals surface area contributed by atoms with Gasteiger partial charge in [-0.1, -0.05) is 6.92 Å². The predicted molar refractivity (Wildman–Crippen MR) is 84.6 cm³/mol. The van der Waals surface area contributed by atoms with Crippen LogP contribution in [0.2, 0.25) is 0 Å². The minimum atomic E-state index is -1.13. The van der Waals surface area contributed by atoms with Crippen molar-refractivity contribution in [2.75, 3.05) is 31.6 Å². The third kappa shape index (κ3) is 3.37. The molecule has 21 heavy (non-hydrogen) atoms. The maximum atomic E-state index is 14.4. The highest BCUT2D eigenvalue weighted by Crippen LogP contribution is 2.31. The van der Waals surface area contributed by atoms with Crippen molar-refractivity contribution in [3.05, 3.63) is 28.0 Å². The molecular weight excluding hydrogens is 339 g/mol. The fraction of sp³-hybridized carbons (Fsp3) is 0.533. The van der Waals surface area contributed by atoms with Crippen molar-refractivity contribution in [1.82, 2.24) is 4.90 Å². The first-order valence-electron chi connectivity index (χ1n) is 7.12. The zero-order valence-electron chi connectivity index (χ0n) is 12.3. The van der Waals surface area contributed by atoms with Gasteiger partial charge in [0.25, 0.3) is 0 Å². The van der Waals surface area contributed by atoms with Crippen LogP contribution in [-0.2, 0) is 0 Å². The van der Waals surface area contributed by atoms with E-state index in [2.05, 4.69) is 27.8 Å². The van der Waals surface area contributed by atoms with Crippen LogP contribution in [0, 0.1) is 5.82 Å². The minimum absolute atomic E-state index is 0.0188. The molecule has 2 rings (SSSR count). The molecule has 116 valence electrons. The molecular formula is C15H20BrFN2O2. The third-order valence-corrected chi connectivity index (χ3v) is 5.00. The van der Waals surface area contributed by atoms with Gasteiger partial charge in [0.15, 0.2) is 5.82 Å². The first-order chi connectivity index (χ1) is 9.95. The van der Waals surface area contributed by atoms with E-state index in [1.165, 1.54) is 6.07 Å². The molecule has 0 radical (unpaired) electrons. The Morgan fingerprint density at radius 3 is 2.62 bits per heavy atom. The van der Waals surface area contributed by atoms with Crippen molar-refractivity contribution in [1.29, 1.82) is 0 Å².